The molecule has 72 valence electrons. The summed E-state index contributed by atoms with van der Waals surface area (Å²) in [5.74, 6) is 0.959. The van der Waals surface area contributed by atoms with Crippen LogP contribution in [-0.2, 0) is 6.54 Å². The normalized spacial score (nSPS) is 10.5. The number of benzene rings is 1. The Hall–Kier alpha value is -1.02. The number of hydrogen-bond acceptors (Lipinski definition) is 2. The van der Waals surface area contributed by atoms with Gasteiger partial charge in [0, 0.05) is 5.56 Å². The first-order valence-electron chi connectivity index (χ1n) is 4.46. The standard InChI is InChI=1S/C11H16NO/c1-4-13-11-8-6-5-7-10(11)9-12(2)3/h5-8H,2,4,9H2,1,3H3/q-1. The molecule has 0 bridgehead atoms. The quantitative estimate of drug-likeness (QED) is 0.656. The molecule has 0 aliphatic heterocycles. The zero-order valence-electron chi connectivity index (χ0n) is 8.29. The number of hydrogen-bond donors (Lipinski definition) is 0. The molecule has 0 aliphatic rings. The van der Waals surface area contributed by atoms with Gasteiger partial charge in [-0.2, -0.15) is 0 Å². The van der Waals surface area contributed by atoms with Crippen LogP contribution in [0.1, 0.15) is 12.5 Å². The van der Waals surface area contributed by atoms with Gasteiger partial charge in [0.1, 0.15) is 5.75 Å². The minimum Gasteiger partial charge on any atom is -0.494 e. The molecule has 1 aromatic rings. The van der Waals surface area contributed by atoms with Crippen LogP contribution in [0, 0.1) is 7.05 Å². The van der Waals surface area contributed by atoms with Gasteiger partial charge in [0.25, 0.3) is 0 Å². The molecule has 0 radical (unpaired) electrons. The first-order chi connectivity index (χ1) is 6.24. The van der Waals surface area contributed by atoms with Crippen molar-refractivity contribution >= 4 is 0 Å². The minimum absolute atomic E-state index is 0.706. The molecular formula is C11H16NO-. The Morgan fingerprint density at radius 2 is 2.08 bits per heavy atom. The van der Waals surface area contributed by atoms with Gasteiger partial charge in [-0.05, 0) is 26.6 Å². The third-order valence-electron chi connectivity index (χ3n) is 1.71. The summed E-state index contributed by atoms with van der Waals surface area (Å²) < 4.78 is 5.48. The summed E-state index contributed by atoms with van der Waals surface area (Å²) in [4.78, 5) is 1.89. The van der Waals surface area contributed by atoms with Crippen molar-refractivity contribution in [2.75, 3.05) is 13.7 Å². The molecule has 0 heterocycles. The Morgan fingerprint density at radius 1 is 1.38 bits per heavy atom. The smallest absolute Gasteiger partial charge is 0.123 e. The number of rotatable bonds is 4. The van der Waals surface area contributed by atoms with Crippen LogP contribution in [0.5, 0.6) is 5.75 Å². The molecular weight excluding hydrogens is 162 g/mol. The molecule has 0 fully saturated rings. The molecule has 0 aliphatic carbocycles. The maximum Gasteiger partial charge on any atom is 0.123 e. The lowest BCUT2D eigenvalue weighted by atomic mass is 10.2. The highest BCUT2D eigenvalue weighted by Crippen LogP contribution is 2.18. The molecule has 2 heteroatoms. The predicted molar refractivity (Wildman–Crippen MR) is 54.4 cm³/mol. The van der Waals surface area contributed by atoms with Crippen molar-refractivity contribution < 1.29 is 4.74 Å². The highest BCUT2D eigenvalue weighted by atomic mass is 16.5. The van der Waals surface area contributed by atoms with Crippen molar-refractivity contribution in [2.24, 2.45) is 0 Å². The van der Waals surface area contributed by atoms with Gasteiger partial charge >= 0.3 is 0 Å². The van der Waals surface area contributed by atoms with Crippen molar-refractivity contribution in [3.05, 3.63) is 36.9 Å². The maximum atomic E-state index is 5.48. The number of para-hydroxylation sites is 1. The van der Waals surface area contributed by atoms with Crippen LogP contribution in [0.2, 0.25) is 0 Å². The van der Waals surface area contributed by atoms with E-state index in [0.717, 1.165) is 12.3 Å². The van der Waals surface area contributed by atoms with Crippen LogP contribution in [0.15, 0.2) is 24.3 Å². The summed E-state index contributed by atoms with van der Waals surface area (Å²) in [6.07, 6.45) is 0. The lowest BCUT2D eigenvalue weighted by Crippen LogP contribution is -2.09. The predicted octanol–water partition coefficient (Wildman–Crippen LogP) is 2.31. The topological polar surface area (TPSA) is 12.5 Å². The van der Waals surface area contributed by atoms with Crippen molar-refractivity contribution in [2.45, 2.75) is 13.5 Å². The molecule has 0 amide bonds. The fraction of sp³-hybridized carbons (Fsp3) is 0.364. The van der Waals surface area contributed by atoms with E-state index in [0.29, 0.717) is 6.61 Å². The SMILES string of the molecule is [CH2-]N(C)Cc1ccccc1OCC. The first-order valence-corrected chi connectivity index (χ1v) is 4.46. The molecule has 2 nitrogen and oxygen atoms in total. The molecule has 0 spiro atoms. The molecule has 0 unspecified atom stereocenters. The zero-order chi connectivity index (χ0) is 9.68. The second-order valence-corrected chi connectivity index (χ2v) is 3.05. The van der Waals surface area contributed by atoms with E-state index in [4.69, 9.17) is 4.74 Å². The highest BCUT2D eigenvalue weighted by Gasteiger charge is 2.00. The fourth-order valence-corrected chi connectivity index (χ4v) is 1.22. The Kier molecular flexibility index (Phi) is 3.77. The van der Waals surface area contributed by atoms with E-state index in [1.165, 1.54) is 5.56 Å². The van der Waals surface area contributed by atoms with Crippen LogP contribution in [0.4, 0.5) is 0 Å². The Balaban J connectivity index is 2.78. The van der Waals surface area contributed by atoms with E-state index in [1.54, 1.807) is 0 Å². The summed E-state index contributed by atoms with van der Waals surface area (Å²) in [5, 5.41) is 0. The second-order valence-electron chi connectivity index (χ2n) is 3.05. The van der Waals surface area contributed by atoms with Gasteiger partial charge in [0.15, 0.2) is 0 Å². The molecule has 0 N–H and O–H groups in total. The number of nitrogens with zero attached hydrogens (tertiary/aromatic N) is 1. The van der Waals surface area contributed by atoms with Gasteiger partial charge in [0.05, 0.1) is 6.61 Å². The average Bonchev–Trinajstić information content (AvgIpc) is 2.08. The lowest BCUT2D eigenvalue weighted by molar-refractivity contribution is 0.329. The van der Waals surface area contributed by atoms with Gasteiger partial charge in [0.2, 0.25) is 0 Å². The van der Waals surface area contributed by atoms with Crippen molar-refractivity contribution in [1.82, 2.24) is 4.90 Å². The zero-order valence-corrected chi connectivity index (χ0v) is 8.29. The van der Waals surface area contributed by atoms with Crippen LogP contribution in [0.3, 0.4) is 0 Å². The van der Waals surface area contributed by atoms with Crippen molar-refractivity contribution in [3.63, 3.8) is 0 Å². The molecule has 13 heavy (non-hydrogen) atoms. The van der Waals surface area contributed by atoms with Crippen molar-refractivity contribution in [3.8, 4) is 5.75 Å². The van der Waals surface area contributed by atoms with E-state index < -0.39 is 0 Å². The summed E-state index contributed by atoms with van der Waals surface area (Å²) in [6.45, 7) is 3.51. The highest BCUT2D eigenvalue weighted by molar-refractivity contribution is 5.33. The molecule has 0 saturated heterocycles. The molecule has 0 aromatic heterocycles. The lowest BCUT2D eigenvalue weighted by Gasteiger charge is -2.19. The van der Waals surface area contributed by atoms with Crippen LogP contribution in [0.25, 0.3) is 0 Å². The second kappa shape index (κ2) is 4.87. The first kappa shape index (κ1) is 10.1. The monoisotopic (exact) mass is 178 g/mol. The molecule has 0 saturated carbocycles. The van der Waals surface area contributed by atoms with Crippen molar-refractivity contribution in [1.29, 1.82) is 0 Å². The van der Waals surface area contributed by atoms with Gasteiger partial charge in [-0.1, -0.05) is 18.2 Å². The third kappa shape index (κ3) is 3.07. The molecule has 1 aromatic carbocycles. The molecule has 1 rings (SSSR count). The summed E-state index contributed by atoms with van der Waals surface area (Å²) in [6, 6.07) is 8.05. The van der Waals surface area contributed by atoms with E-state index in [9.17, 15) is 0 Å². The summed E-state index contributed by atoms with van der Waals surface area (Å²) in [7, 11) is 5.76. The van der Waals surface area contributed by atoms with E-state index in [2.05, 4.69) is 13.1 Å². The Morgan fingerprint density at radius 3 is 2.69 bits per heavy atom. The molecule has 0 atom stereocenters. The van der Waals surface area contributed by atoms with Crippen LogP contribution in [-0.4, -0.2) is 18.6 Å². The average molecular weight is 178 g/mol. The summed E-state index contributed by atoms with van der Waals surface area (Å²) >= 11 is 0. The third-order valence-corrected chi connectivity index (χ3v) is 1.71. The summed E-state index contributed by atoms with van der Waals surface area (Å²) in [5.41, 5.74) is 1.18. The van der Waals surface area contributed by atoms with Gasteiger partial charge in [-0.3, -0.25) is 7.05 Å². The van der Waals surface area contributed by atoms with E-state index >= 15 is 0 Å². The Labute approximate surface area is 80.1 Å². The largest absolute Gasteiger partial charge is 0.494 e. The van der Waals surface area contributed by atoms with Gasteiger partial charge in [-0.25, -0.2) is 0 Å². The van der Waals surface area contributed by atoms with E-state index in [1.807, 2.05) is 37.1 Å². The maximum absolute atomic E-state index is 5.48. The fourth-order valence-electron chi connectivity index (χ4n) is 1.22. The van der Waals surface area contributed by atoms with Gasteiger partial charge < -0.3 is 9.64 Å². The van der Waals surface area contributed by atoms with E-state index in [-0.39, 0.29) is 0 Å². The van der Waals surface area contributed by atoms with Crippen LogP contribution >= 0.6 is 0 Å². The Bertz CT molecular complexity index is 258. The minimum atomic E-state index is 0.706. The van der Waals surface area contributed by atoms with Gasteiger partial charge in [-0.15, -0.1) is 0 Å². The van der Waals surface area contributed by atoms with Crippen LogP contribution < -0.4 is 4.74 Å². The number of ether oxygens (including phenoxy) is 1.